The van der Waals surface area contributed by atoms with Gasteiger partial charge in [-0.05, 0) is 31.0 Å². The highest BCUT2D eigenvalue weighted by atomic mass is 127. The van der Waals surface area contributed by atoms with Crippen molar-refractivity contribution in [3.05, 3.63) is 29.8 Å². The van der Waals surface area contributed by atoms with Crippen molar-refractivity contribution >= 4 is 35.6 Å². The minimum atomic E-state index is 0. The topological polar surface area (TPSA) is 40.1 Å². The number of rotatable bonds is 6. The van der Waals surface area contributed by atoms with Crippen LogP contribution in [-0.2, 0) is 11.3 Å². The van der Waals surface area contributed by atoms with Gasteiger partial charge in [0.25, 0.3) is 0 Å². The largest absolute Gasteiger partial charge is 0.384 e. The summed E-state index contributed by atoms with van der Waals surface area (Å²) in [5.74, 6) is 1.63. The fourth-order valence-electron chi connectivity index (χ4n) is 2.92. The summed E-state index contributed by atoms with van der Waals surface area (Å²) in [6.07, 6.45) is 1.17. The van der Waals surface area contributed by atoms with E-state index in [2.05, 4.69) is 60.4 Å². The van der Waals surface area contributed by atoms with Gasteiger partial charge in [0.05, 0.1) is 13.2 Å². The number of nitrogens with one attached hydrogen (secondary N) is 1. The summed E-state index contributed by atoms with van der Waals surface area (Å²) in [4.78, 5) is 9.30. The molecule has 0 aliphatic carbocycles. The molecule has 0 aromatic heterocycles. The molecule has 0 spiro atoms. The van der Waals surface area contributed by atoms with Crippen molar-refractivity contribution in [3.8, 4) is 0 Å². The van der Waals surface area contributed by atoms with Crippen molar-refractivity contribution in [1.29, 1.82) is 0 Å². The van der Waals surface area contributed by atoms with E-state index in [4.69, 9.17) is 9.73 Å². The lowest BCUT2D eigenvalue weighted by molar-refractivity contribution is 0.157. The number of hydrogen-bond acceptors (Lipinski definition) is 3. The maximum atomic E-state index is 5.29. The molecular weight excluding hydrogens is 415 g/mol. The number of hydrogen-bond donors (Lipinski definition) is 1. The van der Waals surface area contributed by atoms with E-state index >= 15 is 0 Å². The SMILES string of the molecule is CCNC(=NCc1cccc(N(C)C)c1)N1CCC(COC)C1.I. The first-order valence-corrected chi connectivity index (χ1v) is 8.42. The number of likely N-dealkylation sites (tertiary alicyclic amines) is 1. The molecule has 1 saturated heterocycles. The van der Waals surface area contributed by atoms with Crippen LogP contribution in [0.3, 0.4) is 0 Å². The normalized spacial score (nSPS) is 17.6. The van der Waals surface area contributed by atoms with Gasteiger partial charge in [-0.3, -0.25) is 0 Å². The first kappa shape index (κ1) is 21.0. The highest BCUT2D eigenvalue weighted by Crippen LogP contribution is 2.17. The average molecular weight is 446 g/mol. The predicted molar refractivity (Wildman–Crippen MR) is 113 cm³/mol. The molecule has 5 nitrogen and oxygen atoms in total. The van der Waals surface area contributed by atoms with E-state index < -0.39 is 0 Å². The Bertz CT molecular complexity index is 521. The Morgan fingerprint density at radius 2 is 2.21 bits per heavy atom. The number of aliphatic imine (C=N–C) groups is 1. The van der Waals surface area contributed by atoms with Crippen molar-refractivity contribution < 1.29 is 4.74 Å². The van der Waals surface area contributed by atoms with E-state index in [1.54, 1.807) is 7.11 Å². The lowest BCUT2D eigenvalue weighted by Gasteiger charge is -2.21. The summed E-state index contributed by atoms with van der Waals surface area (Å²) in [5, 5.41) is 3.42. The van der Waals surface area contributed by atoms with E-state index in [9.17, 15) is 0 Å². The Labute approximate surface area is 163 Å². The van der Waals surface area contributed by atoms with Crippen LogP contribution in [0.1, 0.15) is 18.9 Å². The zero-order chi connectivity index (χ0) is 16.7. The molecule has 1 aromatic carbocycles. The smallest absolute Gasteiger partial charge is 0.194 e. The zero-order valence-corrected chi connectivity index (χ0v) is 17.6. The Kier molecular flexibility index (Phi) is 9.43. The van der Waals surface area contributed by atoms with Gasteiger partial charge < -0.3 is 19.9 Å². The Hall–Kier alpha value is -1.02. The van der Waals surface area contributed by atoms with Crippen LogP contribution in [0.4, 0.5) is 5.69 Å². The maximum Gasteiger partial charge on any atom is 0.194 e. The number of benzene rings is 1. The first-order chi connectivity index (χ1) is 11.1. The highest BCUT2D eigenvalue weighted by molar-refractivity contribution is 14.0. The lowest BCUT2D eigenvalue weighted by Crippen LogP contribution is -2.40. The summed E-state index contributed by atoms with van der Waals surface area (Å²) < 4.78 is 5.29. The summed E-state index contributed by atoms with van der Waals surface area (Å²) in [6.45, 7) is 6.62. The number of guanidine groups is 1. The third-order valence-electron chi connectivity index (χ3n) is 4.16. The van der Waals surface area contributed by atoms with E-state index in [0.717, 1.165) is 32.2 Å². The van der Waals surface area contributed by atoms with Gasteiger partial charge in [-0.15, -0.1) is 24.0 Å². The van der Waals surface area contributed by atoms with Gasteiger partial charge in [-0.25, -0.2) is 4.99 Å². The van der Waals surface area contributed by atoms with Gasteiger partial charge in [-0.2, -0.15) is 0 Å². The summed E-state index contributed by atoms with van der Waals surface area (Å²) >= 11 is 0. The number of methoxy groups -OCH3 is 1. The molecule has 1 N–H and O–H groups in total. The molecule has 1 fully saturated rings. The number of ether oxygens (including phenoxy) is 1. The number of halogens is 1. The molecule has 136 valence electrons. The lowest BCUT2D eigenvalue weighted by atomic mass is 10.1. The Morgan fingerprint density at radius 3 is 2.88 bits per heavy atom. The molecule has 1 unspecified atom stereocenters. The Balaban J connectivity index is 0.00000288. The van der Waals surface area contributed by atoms with Gasteiger partial charge >= 0.3 is 0 Å². The molecule has 1 aromatic rings. The molecule has 0 bridgehead atoms. The van der Waals surface area contributed by atoms with E-state index in [0.29, 0.717) is 12.5 Å². The van der Waals surface area contributed by atoms with Crippen LogP contribution in [0.25, 0.3) is 0 Å². The third kappa shape index (κ3) is 6.12. The minimum Gasteiger partial charge on any atom is -0.384 e. The molecule has 1 aliphatic heterocycles. The van der Waals surface area contributed by atoms with E-state index in [-0.39, 0.29) is 24.0 Å². The van der Waals surface area contributed by atoms with Gasteiger partial charge in [0.15, 0.2) is 5.96 Å². The molecule has 0 radical (unpaired) electrons. The second-order valence-corrected chi connectivity index (χ2v) is 6.29. The molecule has 1 atom stereocenters. The van der Waals surface area contributed by atoms with Crippen LogP contribution in [0.15, 0.2) is 29.3 Å². The van der Waals surface area contributed by atoms with Crippen LogP contribution < -0.4 is 10.2 Å². The average Bonchev–Trinajstić information content (AvgIpc) is 3.00. The quantitative estimate of drug-likeness (QED) is 0.415. The predicted octanol–water partition coefficient (Wildman–Crippen LogP) is 2.80. The second-order valence-electron chi connectivity index (χ2n) is 6.29. The first-order valence-electron chi connectivity index (χ1n) is 8.42. The number of nitrogens with zero attached hydrogens (tertiary/aromatic N) is 3. The van der Waals surface area contributed by atoms with Crippen LogP contribution in [0, 0.1) is 5.92 Å². The zero-order valence-electron chi connectivity index (χ0n) is 15.3. The van der Waals surface area contributed by atoms with Crippen LogP contribution >= 0.6 is 24.0 Å². The molecule has 2 rings (SSSR count). The minimum absolute atomic E-state index is 0. The maximum absolute atomic E-state index is 5.29. The van der Waals surface area contributed by atoms with Crippen molar-refractivity contribution in [1.82, 2.24) is 10.2 Å². The highest BCUT2D eigenvalue weighted by Gasteiger charge is 2.24. The van der Waals surface area contributed by atoms with Crippen molar-refractivity contribution in [2.75, 3.05) is 52.3 Å². The molecule has 6 heteroatoms. The molecular formula is C18H31IN4O. The Morgan fingerprint density at radius 1 is 1.42 bits per heavy atom. The fourth-order valence-corrected chi connectivity index (χ4v) is 2.92. The monoisotopic (exact) mass is 446 g/mol. The molecule has 0 amide bonds. The van der Waals surface area contributed by atoms with E-state index in [1.165, 1.54) is 17.7 Å². The van der Waals surface area contributed by atoms with Crippen molar-refractivity contribution in [2.24, 2.45) is 10.9 Å². The summed E-state index contributed by atoms with van der Waals surface area (Å²) in [6, 6.07) is 8.55. The van der Waals surface area contributed by atoms with Gasteiger partial charge in [0.1, 0.15) is 0 Å². The van der Waals surface area contributed by atoms with E-state index in [1.807, 2.05) is 0 Å². The molecule has 24 heavy (non-hydrogen) atoms. The second kappa shape index (κ2) is 10.8. The standard InChI is InChI=1S/C18H30N4O.HI/c1-5-19-18(22-10-9-16(13-22)14-23-4)20-12-15-7-6-8-17(11-15)21(2)3;/h6-8,11,16H,5,9-10,12-14H2,1-4H3,(H,19,20);1H. The van der Waals surface area contributed by atoms with Crippen LogP contribution in [-0.4, -0.2) is 58.3 Å². The van der Waals surface area contributed by atoms with Crippen molar-refractivity contribution in [3.63, 3.8) is 0 Å². The molecule has 0 saturated carbocycles. The third-order valence-corrected chi connectivity index (χ3v) is 4.16. The van der Waals surface area contributed by atoms with Crippen LogP contribution in [0.5, 0.6) is 0 Å². The number of anilines is 1. The fraction of sp³-hybridized carbons (Fsp3) is 0.611. The summed E-state index contributed by atoms with van der Waals surface area (Å²) in [5.41, 5.74) is 2.45. The van der Waals surface area contributed by atoms with Crippen LogP contribution in [0.2, 0.25) is 0 Å². The molecule has 1 heterocycles. The molecule has 1 aliphatic rings. The summed E-state index contributed by atoms with van der Waals surface area (Å²) in [7, 11) is 5.90. The van der Waals surface area contributed by atoms with Gasteiger partial charge in [0.2, 0.25) is 0 Å². The van der Waals surface area contributed by atoms with Crippen molar-refractivity contribution in [2.45, 2.75) is 19.9 Å². The van der Waals surface area contributed by atoms with Gasteiger partial charge in [-0.1, -0.05) is 12.1 Å². The van der Waals surface area contributed by atoms with Gasteiger partial charge in [0, 0.05) is 52.4 Å².